The molecule has 1 unspecified atom stereocenters. The lowest BCUT2D eigenvalue weighted by Gasteiger charge is -2.41. The van der Waals surface area contributed by atoms with Gasteiger partial charge in [0.25, 0.3) is 0 Å². The van der Waals surface area contributed by atoms with Crippen molar-refractivity contribution in [1.29, 1.82) is 0 Å². The van der Waals surface area contributed by atoms with Gasteiger partial charge in [-0.15, -0.1) is 0 Å². The van der Waals surface area contributed by atoms with Gasteiger partial charge >= 0.3 is 0 Å². The molecule has 1 aromatic heterocycles. The number of amides is 1. The van der Waals surface area contributed by atoms with Crippen LogP contribution in [0.15, 0.2) is 67.0 Å². The minimum absolute atomic E-state index is 0.0807. The van der Waals surface area contributed by atoms with Gasteiger partial charge in [-0.2, -0.15) is 5.10 Å². The van der Waals surface area contributed by atoms with Gasteiger partial charge in [0.05, 0.1) is 25.8 Å². The van der Waals surface area contributed by atoms with E-state index < -0.39 is 11.5 Å². The minimum atomic E-state index is -0.813. The molecule has 0 spiro atoms. The number of rotatable bonds is 9. The Morgan fingerprint density at radius 3 is 2.78 bits per heavy atom. The van der Waals surface area contributed by atoms with Crippen molar-refractivity contribution in [1.82, 2.24) is 14.7 Å². The van der Waals surface area contributed by atoms with Gasteiger partial charge in [-0.1, -0.05) is 48.0 Å². The number of hydrogen-bond acceptors (Lipinski definition) is 5. The Morgan fingerprint density at radius 1 is 1.16 bits per heavy atom. The predicted octanol–water partition coefficient (Wildman–Crippen LogP) is 3.11. The van der Waals surface area contributed by atoms with Gasteiger partial charge in [-0.05, 0) is 23.8 Å². The predicted molar refractivity (Wildman–Crippen MR) is 122 cm³/mol. The summed E-state index contributed by atoms with van der Waals surface area (Å²) in [7, 11) is 0. The van der Waals surface area contributed by atoms with Crippen molar-refractivity contribution in [3.05, 3.63) is 83.1 Å². The molecule has 2 aromatic carbocycles. The third-order valence-electron chi connectivity index (χ3n) is 5.40. The minimum Gasteiger partial charge on any atom is -0.490 e. The van der Waals surface area contributed by atoms with E-state index in [0.717, 1.165) is 18.7 Å². The topological polar surface area (TPSA) is 82.6 Å². The smallest absolute Gasteiger partial charge is 0.220 e. The first kappa shape index (κ1) is 22.3. The van der Waals surface area contributed by atoms with Crippen molar-refractivity contribution in [3.8, 4) is 5.75 Å². The van der Waals surface area contributed by atoms with Crippen LogP contribution < -0.4 is 10.5 Å². The summed E-state index contributed by atoms with van der Waals surface area (Å²) in [5, 5.41) is 5.08. The van der Waals surface area contributed by atoms with Gasteiger partial charge in [0.15, 0.2) is 0 Å². The molecular weight excluding hydrogens is 428 g/mol. The molecule has 2 N–H and O–H groups in total. The van der Waals surface area contributed by atoms with Gasteiger partial charge in [-0.25, -0.2) is 0 Å². The van der Waals surface area contributed by atoms with E-state index in [4.69, 9.17) is 26.8 Å². The van der Waals surface area contributed by atoms with Crippen LogP contribution in [-0.4, -0.2) is 52.5 Å². The molecule has 0 radical (unpaired) electrons. The molecule has 1 fully saturated rings. The fourth-order valence-electron chi connectivity index (χ4n) is 4.00. The van der Waals surface area contributed by atoms with Crippen LogP contribution >= 0.6 is 11.6 Å². The van der Waals surface area contributed by atoms with Crippen molar-refractivity contribution >= 4 is 17.5 Å². The lowest BCUT2D eigenvalue weighted by atomic mass is 9.97. The molecule has 4 rings (SSSR count). The monoisotopic (exact) mass is 454 g/mol. The van der Waals surface area contributed by atoms with Crippen molar-refractivity contribution in [2.45, 2.75) is 25.1 Å². The third kappa shape index (κ3) is 6.09. The summed E-state index contributed by atoms with van der Waals surface area (Å²) >= 11 is 6.05. The van der Waals surface area contributed by atoms with E-state index >= 15 is 0 Å². The van der Waals surface area contributed by atoms with E-state index in [1.807, 2.05) is 41.2 Å². The highest BCUT2D eigenvalue weighted by atomic mass is 35.5. The molecule has 8 heteroatoms. The molecule has 2 heterocycles. The van der Waals surface area contributed by atoms with E-state index in [9.17, 15) is 4.79 Å². The molecule has 32 heavy (non-hydrogen) atoms. The first-order valence-electron chi connectivity index (χ1n) is 10.6. The van der Waals surface area contributed by atoms with Gasteiger partial charge in [0.2, 0.25) is 5.91 Å². The van der Waals surface area contributed by atoms with Crippen LogP contribution in [0.1, 0.15) is 17.5 Å². The number of nitrogens with two attached hydrogens (primary N) is 1. The molecule has 7 nitrogen and oxygen atoms in total. The number of primary amides is 1. The zero-order valence-corrected chi connectivity index (χ0v) is 18.6. The maximum atomic E-state index is 11.8. The second-order valence-corrected chi connectivity index (χ2v) is 8.60. The molecule has 1 aliphatic rings. The number of carbonyl (C=O) groups is 1. The van der Waals surface area contributed by atoms with E-state index in [2.05, 4.69) is 28.3 Å². The van der Waals surface area contributed by atoms with Crippen LogP contribution in [0.3, 0.4) is 0 Å². The molecule has 1 amide bonds. The highest BCUT2D eigenvalue weighted by molar-refractivity contribution is 6.30. The Kier molecular flexibility index (Phi) is 7.09. The van der Waals surface area contributed by atoms with Crippen LogP contribution in [-0.2, 0) is 22.6 Å². The Bertz CT molecular complexity index is 1040. The second-order valence-electron chi connectivity index (χ2n) is 8.16. The standard InChI is InChI=1S/C24H27ClN4O3/c25-21-7-4-8-22(11-21)31-18-24(12-23(26)30)17-28(9-10-32-24)14-20-13-27-29(16-20)15-19-5-2-1-3-6-19/h1-8,11,13,16H,9-10,12,14-15,17-18H2,(H2,26,30). The average molecular weight is 455 g/mol. The highest BCUT2D eigenvalue weighted by Gasteiger charge is 2.39. The summed E-state index contributed by atoms with van der Waals surface area (Å²) in [6.45, 7) is 3.41. The van der Waals surface area contributed by atoms with Crippen LogP contribution in [0.25, 0.3) is 0 Å². The van der Waals surface area contributed by atoms with Crippen molar-refractivity contribution in [2.24, 2.45) is 5.73 Å². The van der Waals surface area contributed by atoms with E-state index in [-0.39, 0.29) is 13.0 Å². The maximum Gasteiger partial charge on any atom is 0.220 e. The maximum absolute atomic E-state index is 11.8. The summed E-state index contributed by atoms with van der Waals surface area (Å²) in [5.41, 5.74) is 7.04. The number of hydrogen-bond donors (Lipinski definition) is 1. The van der Waals surface area contributed by atoms with Gasteiger partial charge in [-0.3, -0.25) is 14.4 Å². The Morgan fingerprint density at radius 2 is 2.00 bits per heavy atom. The average Bonchev–Trinajstić information content (AvgIpc) is 3.19. The lowest BCUT2D eigenvalue weighted by Crippen LogP contribution is -2.56. The number of ether oxygens (including phenoxy) is 2. The molecule has 168 valence electrons. The fourth-order valence-corrected chi connectivity index (χ4v) is 4.18. The number of morpholine rings is 1. The molecule has 0 saturated carbocycles. The molecule has 0 aliphatic carbocycles. The number of carbonyl (C=O) groups excluding carboxylic acids is 1. The van der Waals surface area contributed by atoms with Gasteiger partial charge in [0, 0.05) is 36.4 Å². The number of nitrogens with zero attached hydrogens (tertiary/aromatic N) is 3. The first-order chi connectivity index (χ1) is 15.5. The van der Waals surface area contributed by atoms with Crippen molar-refractivity contribution in [2.75, 3.05) is 26.3 Å². The summed E-state index contributed by atoms with van der Waals surface area (Å²) in [5.74, 6) is 0.210. The molecule has 0 bridgehead atoms. The normalized spacial score (nSPS) is 19.0. The number of benzene rings is 2. The second kappa shape index (κ2) is 10.2. The Labute approximate surface area is 192 Å². The van der Waals surface area contributed by atoms with E-state index in [1.165, 1.54) is 5.56 Å². The number of halogens is 1. The summed E-state index contributed by atoms with van der Waals surface area (Å²) < 4.78 is 13.9. The molecule has 1 atom stereocenters. The summed E-state index contributed by atoms with van der Waals surface area (Å²) in [6.07, 6.45) is 4.02. The molecular formula is C24H27ClN4O3. The molecule has 1 saturated heterocycles. The highest BCUT2D eigenvalue weighted by Crippen LogP contribution is 2.26. The zero-order valence-electron chi connectivity index (χ0n) is 17.8. The Hall–Kier alpha value is -2.87. The van der Waals surface area contributed by atoms with Crippen LogP contribution in [0, 0.1) is 0 Å². The van der Waals surface area contributed by atoms with Gasteiger partial charge < -0.3 is 15.2 Å². The summed E-state index contributed by atoms with van der Waals surface area (Å²) in [4.78, 5) is 14.1. The molecule has 3 aromatic rings. The lowest BCUT2D eigenvalue weighted by molar-refractivity contribution is -0.148. The fraction of sp³-hybridized carbons (Fsp3) is 0.333. The van der Waals surface area contributed by atoms with Crippen molar-refractivity contribution in [3.63, 3.8) is 0 Å². The third-order valence-corrected chi connectivity index (χ3v) is 5.64. The zero-order chi connectivity index (χ0) is 22.4. The largest absolute Gasteiger partial charge is 0.490 e. The first-order valence-corrected chi connectivity index (χ1v) is 11.0. The Balaban J connectivity index is 1.40. The number of aromatic nitrogens is 2. The quantitative estimate of drug-likeness (QED) is 0.537. The van der Waals surface area contributed by atoms with Crippen LogP contribution in [0.4, 0.5) is 0 Å². The van der Waals surface area contributed by atoms with E-state index in [0.29, 0.717) is 30.5 Å². The SMILES string of the molecule is NC(=O)CC1(COc2cccc(Cl)c2)CN(Cc2cnn(Cc3ccccc3)c2)CCO1. The molecule has 1 aliphatic heterocycles. The van der Waals surface area contributed by atoms with Crippen molar-refractivity contribution < 1.29 is 14.3 Å². The van der Waals surface area contributed by atoms with Crippen LogP contribution in [0.2, 0.25) is 5.02 Å². The van der Waals surface area contributed by atoms with Gasteiger partial charge in [0.1, 0.15) is 18.0 Å². The van der Waals surface area contributed by atoms with E-state index in [1.54, 1.807) is 12.1 Å². The van der Waals surface area contributed by atoms with Crippen LogP contribution in [0.5, 0.6) is 5.75 Å². The summed E-state index contributed by atoms with van der Waals surface area (Å²) in [6, 6.07) is 17.4.